The van der Waals surface area contributed by atoms with E-state index >= 15 is 0 Å². The highest BCUT2D eigenvalue weighted by molar-refractivity contribution is 6.31. The molecule has 3 aromatic heterocycles. The first-order valence-corrected chi connectivity index (χ1v) is 9.51. The zero-order valence-electron chi connectivity index (χ0n) is 15.8. The minimum absolute atomic E-state index is 0.102. The topological polar surface area (TPSA) is 78.0 Å². The molecule has 0 spiro atoms. The van der Waals surface area contributed by atoms with E-state index in [0.29, 0.717) is 27.6 Å². The molecule has 30 heavy (non-hydrogen) atoms. The smallest absolute Gasteiger partial charge is 0.283 e. The Balaban J connectivity index is 1.67. The van der Waals surface area contributed by atoms with E-state index in [1.165, 1.54) is 27.5 Å². The van der Waals surface area contributed by atoms with Gasteiger partial charge in [0.25, 0.3) is 5.56 Å². The first-order chi connectivity index (χ1) is 14.5. The molecule has 5 aromatic rings. The highest BCUT2D eigenvalue weighted by Gasteiger charge is 2.18. The third-order valence-electron chi connectivity index (χ3n) is 4.91. The lowest BCUT2D eigenvalue weighted by Crippen LogP contribution is -2.23. The van der Waals surface area contributed by atoms with Gasteiger partial charge < -0.3 is 0 Å². The summed E-state index contributed by atoms with van der Waals surface area (Å²) in [6, 6.07) is 13.3. The van der Waals surface area contributed by atoms with Gasteiger partial charge in [-0.1, -0.05) is 41.9 Å². The van der Waals surface area contributed by atoms with E-state index in [1.54, 1.807) is 18.2 Å². The van der Waals surface area contributed by atoms with Crippen molar-refractivity contribution in [2.75, 3.05) is 0 Å². The minimum Gasteiger partial charge on any atom is -0.293 e. The maximum Gasteiger partial charge on any atom is 0.283 e. The summed E-state index contributed by atoms with van der Waals surface area (Å²) < 4.78 is 16.2. The Bertz CT molecular complexity index is 1480. The summed E-state index contributed by atoms with van der Waals surface area (Å²) in [5, 5.41) is 13.4. The summed E-state index contributed by atoms with van der Waals surface area (Å²) in [4.78, 5) is 17.4. The normalized spacial score (nSPS) is 11.4. The molecule has 3 heterocycles. The summed E-state index contributed by atoms with van der Waals surface area (Å²) in [5.74, 6) is -0.329. The summed E-state index contributed by atoms with van der Waals surface area (Å²) >= 11 is 6.21. The van der Waals surface area contributed by atoms with Crippen LogP contribution in [0.5, 0.6) is 0 Å². The standard InChI is InChI=1S/C21H14ClFN6O/c1-12-17(13-6-8-15(23)9-7-13)19-26-25-18-20(29(19)27-12)24-11-28(21(18)30)10-14-4-2-3-5-16(14)22/h2-9,11H,10H2,1H3. The van der Waals surface area contributed by atoms with Crippen LogP contribution in [-0.4, -0.2) is 29.4 Å². The van der Waals surface area contributed by atoms with E-state index in [9.17, 15) is 9.18 Å². The van der Waals surface area contributed by atoms with Crippen LogP contribution in [0.1, 0.15) is 11.3 Å². The zero-order valence-corrected chi connectivity index (χ0v) is 16.5. The van der Waals surface area contributed by atoms with Crippen LogP contribution < -0.4 is 5.56 Å². The second kappa shape index (κ2) is 7.00. The van der Waals surface area contributed by atoms with Crippen molar-refractivity contribution < 1.29 is 4.39 Å². The number of aryl methyl sites for hydroxylation is 1. The van der Waals surface area contributed by atoms with Crippen molar-refractivity contribution in [2.45, 2.75) is 13.5 Å². The molecule has 7 nitrogen and oxygen atoms in total. The summed E-state index contributed by atoms with van der Waals surface area (Å²) in [5.41, 5.74) is 3.45. The lowest BCUT2D eigenvalue weighted by Gasteiger charge is -2.08. The molecule has 0 radical (unpaired) electrons. The molecule has 0 N–H and O–H groups in total. The van der Waals surface area contributed by atoms with E-state index in [2.05, 4.69) is 20.3 Å². The monoisotopic (exact) mass is 420 g/mol. The molecular formula is C21H14ClFN6O. The summed E-state index contributed by atoms with van der Waals surface area (Å²) in [7, 11) is 0. The van der Waals surface area contributed by atoms with Crippen molar-refractivity contribution >= 4 is 28.4 Å². The van der Waals surface area contributed by atoms with Gasteiger partial charge in [0.05, 0.1) is 17.8 Å². The van der Waals surface area contributed by atoms with Crippen molar-refractivity contribution in [1.82, 2.24) is 29.4 Å². The van der Waals surface area contributed by atoms with E-state index in [0.717, 1.165) is 11.1 Å². The fourth-order valence-corrected chi connectivity index (χ4v) is 3.64. The maximum absolute atomic E-state index is 13.3. The van der Waals surface area contributed by atoms with Gasteiger partial charge >= 0.3 is 0 Å². The Morgan fingerprint density at radius 3 is 2.57 bits per heavy atom. The van der Waals surface area contributed by atoms with Crippen molar-refractivity contribution in [3.63, 3.8) is 0 Å². The Hall–Kier alpha value is -3.65. The molecule has 0 aliphatic carbocycles. The van der Waals surface area contributed by atoms with Crippen LogP contribution in [0.4, 0.5) is 4.39 Å². The van der Waals surface area contributed by atoms with Gasteiger partial charge in [-0.25, -0.2) is 9.37 Å². The lowest BCUT2D eigenvalue weighted by molar-refractivity contribution is 0.628. The highest BCUT2D eigenvalue weighted by atomic mass is 35.5. The van der Waals surface area contributed by atoms with Crippen LogP contribution in [0.2, 0.25) is 5.02 Å². The number of fused-ring (bicyclic) bond motifs is 3. The number of nitrogens with zero attached hydrogens (tertiary/aromatic N) is 6. The maximum atomic E-state index is 13.3. The second-order valence-corrected chi connectivity index (χ2v) is 7.25. The van der Waals surface area contributed by atoms with Gasteiger partial charge in [0, 0.05) is 5.02 Å². The number of hydrogen-bond donors (Lipinski definition) is 0. The Morgan fingerprint density at radius 2 is 1.80 bits per heavy atom. The first kappa shape index (κ1) is 18.4. The zero-order chi connectivity index (χ0) is 20.8. The molecule has 0 unspecified atom stereocenters. The molecular weight excluding hydrogens is 407 g/mol. The van der Waals surface area contributed by atoms with E-state index in [4.69, 9.17) is 11.6 Å². The van der Waals surface area contributed by atoms with Gasteiger partial charge in [0.2, 0.25) is 0 Å². The fourth-order valence-electron chi connectivity index (χ4n) is 3.44. The molecule has 148 valence electrons. The fraction of sp³-hybridized carbons (Fsp3) is 0.0952. The molecule has 0 aliphatic heterocycles. The summed E-state index contributed by atoms with van der Waals surface area (Å²) in [6.07, 6.45) is 1.45. The second-order valence-electron chi connectivity index (χ2n) is 6.84. The first-order valence-electron chi connectivity index (χ1n) is 9.13. The number of rotatable bonds is 3. The molecule has 5 rings (SSSR count). The largest absolute Gasteiger partial charge is 0.293 e. The minimum atomic E-state index is -0.342. The number of benzene rings is 2. The SMILES string of the molecule is Cc1nn2c(nnc3c(=O)n(Cc4ccccc4Cl)cnc32)c1-c1ccc(F)cc1. The molecule has 0 saturated heterocycles. The quantitative estimate of drug-likeness (QED) is 0.445. The van der Waals surface area contributed by atoms with Crippen LogP contribution >= 0.6 is 11.6 Å². The third-order valence-corrected chi connectivity index (χ3v) is 5.28. The van der Waals surface area contributed by atoms with Crippen molar-refractivity contribution in [1.29, 1.82) is 0 Å². The Kier molecular flexibility index (Phi) is 4.29. The van der Waals surface area contributed by atoms with Crippen LogP contribution in [0, 0.1) is 12.7 Å². The van der Waals surface area contributed by atoms with Crippen molar-refractivity contribution in [3.8, 4) is 11.1 Å². The average molecular weight is 421 g/mol. The molecule has 0 atom stereocenters. The van der Waals surface area contributed by atoms with Crippen molar-refractivity contribution in [3.05, 3.63) is 87.3 Å². The average Bonchev–Trinajstić information content (AvgIpc) is 3.08. The van der Waals surface area contributed by atoms with Crippen LogP contribution in [0.25, 0.3) is 27.9 Å². The molecule has 0 amide bonds. The van der Waals surface area contributed by atoms with Gasteiger partial charge in [-0.05, 0) is 36.2 Å². The number of halogens is 2. The van der Waals surface area contributed by atoms with E-state index in [1.807, 2.05) is 25.1 Å². The van der Waals surface area contributed by atoms with Gasteiger partial charge in [-0.3, -0.25) is 9.36 Å². The predicted octanol–water partition coefficient (Wildman–Crippen LogP) is 3.65. The van der Waals surface area contributed by atoms with E-state index < -0.39 is 0 Å². The van der Waals surface area contributed by atoms with Gasteiger partial charge in [-0.2, -0.15) is 9.61 Å². The molecule has 0 fully saturated rings. The predicted molar refractivity (Wildman–Crippen MR) is 111 cm³/mol. The van der Waals surface area contributed by atoms with Gasteiger partial charge in [0.1, 0.15) is 12.1 Å². The highest BCUT2D eigenvalue weighted by Crippen LogP contribution is 2.27. The lowest BCUT2D eigenvalue weighted by atomic mass is 10.1. The molecule has 0 saturated carbocycles. The summed E-state index contributed by atoms with van der Waals surface area (Å²) in [6.45, 7) is 2.08. The Labute approximate surface area is 174 Å². The molecule has 0 bridgehead atoms. The molecule has 9 heteroatoms. The third kappa shape index (κ3) is 2.93. The van der Waals surface area contributed by atoms with Crippen LogP contribution in [0.3, 0.4) is 0 Å². The van der Waals surface area contributed by atoms with Crippen molar-refractivity contribution in [2.24, 2.45) is 0 Å². The van der Waals surface area contributed by atoms with Gasteiger partial charge in [0.15, 0.2) is 16.8 Å². The van der Waals surface area contributed by atoms with Crippen LogP contribution in [0.15, 0.2) is 59.7 Å². The van der Waals surface area contributed by atoms with E-state index in [-0.39, 0.29) is 23.4 Å². The van der Waals surface area contributed by atoms with Gasteiger partial charge in [-0.15, -0.1) is 10.2 Å². The number of hydrogen-bond acceptors (Lipinski definition) is 5. The molecule has 2 aromatic carbocycles. The molecule has 0 aliphatic rings. The number of aromatic nitrogens is 6. The Morgan fingerprint density at radius 1 is 1.03 bits per heavy atom. The van der Waals surface area contributed by atoms with Crippen LogP contribution in [-0.2, 0) is 6.54 Å².